The fourth-order valence-electron chi connectivity index (χ4n) is 1.31. The Balaban J connectivity index is 2.60. The maximum absolute atomic E-state index is 8.94. The van der Waals surface area contributed by atoms with E-state index in [1.54, 1.807) is 41.3 Å². The van der Waals surface area contributed by atoms with Gasteiger partial charge in [0.05, 0.1) is 22.9 Å². The molecule has 1 heterocycles. The fourth-order valence-corrected chi connectivity index (χ4v) is 1.31. The minimum Gasteiger partial charge on any atom is -0.240 e. The minimum absolute atomic E-state index is 0.442. The van der Waals surface area contributed by atoms with Gasteiger partial charge in [-0.05, 0) is 24.3 Å². The summed E-state index contributed by atoms with van der Waals surface area (Å²) in [6, 6.07) is 10.7. The average Bonchev–Trinajstić information content (AvgIpc) is 2.81. The van der Waals surface area contributed by atoms with Crippen LogP contribution in [0.25, 0.3) is 5.69 Å². The molecule has 15 heavy (non-hydrogen) atoms. The molecule has 0 amide bonds. The van der Waals surface area contributed by atoms with Gasteiger partial charge in [-0.2, -0.15) is 15.6 Å². The van der Waals surface area contributed by atoms with Gasteiger partial charge in [0.1, 0.15) is 6.07 Å². The molecule has 0 aliphatic carbocycles. The second-order valence-corrected chi connectivity index (χ2v) is 2.91. The Bertz CT molecular complexity index is 555. The number of benzene rings is 1. The lowest BCUT2D eigenvalue weighted by molar-refractivity contribution is 0.877. The first-order valence-electron chi connectivity index (χ1n) is 4.29. The lowest BCUT2D eigenvalue weighted by atomic mass is 10.1. The highest BCUT2D eigenvalue weighted by molar-refractivity contribution is 5.52. The highest BCUT2D eigenvalue weighted by Gasteiger charge is 2.05. The average molecular weight is 194 g/mol. The van der Waals surface area contributed by atoms with E-state index in [0.29, 0.717) is 16.8 Å². The van der Waals surface area contributed by atoms with Gasteiger partial charge in [-0.25, -0.2) is 4.68 Å². The molecule has 0 fully saturated rings. The molecule has 4 nitrogen and oxygen atoms in total. The van der Waals surface area contributed by atoms with Crippen LogP contribution in [0, 0.1) is 22.7 Å². The third kappa shape index (κ3) is 1.56. The van der Waals surface area contributed by atoms with Crippen molar-refractivity contribution in [2.75, 3.05) is 0 Å². The van der Waals surface area contributed by atoms with E-state index in [9.17, 15) is 0 Å². The van der Waals surface area contributed by atoms with Crippen LogP contribution in [0.15, 0.2) is 36.7 Å². The van der Waals surface area contributed by atoms with Crippen LogP contribution in [0.4, 0.5) is 0 Å². The Hall–Kier alpha value is -2.59. The molecule has 0 radical (unpaired) electrons. The van der Waals surface area contributed by atoms with Crippen molar-refractivity contribution in [3.63, 3.8) is 0 Å². The van der Waals surface area contributed by atoms with Gasteiger partial charge >= 0.3 is 0 Å². The summed E-state index contributed by atoms with van der Waals surface area (Å²) in [6.45, 7) is 0. The molecule has 0 aliphatic heterocycles. The molecule has 0 saturated heterocycles. The first-order valence-corrected chi connectivity index (χ1v) is 4.29. The van der Waals surface area contributed by atoms with E-state index < -0.39 is 0 Å². The maximum Gasteiger partial charge on any atom is 0.101 e. The van der Waals surface area contributed by atoms with Gasteiger partial charge in [0.25, 0.3) is 0 Å². The van der Waals surface area contributed by atoms with Crippen molar-refractivity contribution in [2.45, 2.75) is 0 Å². The van der Waals surface area contributed by atoms with Crippen molar-refractivity contribution < 1.29 is 0 Å². The molecule has 1 aromatic heterocycles. The normalized spacial score (nSPS) is 9.20. The summed E-state index contributed by atoms with van der Waals surface area (Å²) >= 11 is 0. The first-order chi connectivity index (χ1) is 7.35. The van der Waals surface area contributed by atoms with Gasteiger partial charge in [-0.3, -0.25) is 0 Å². The lowest BCUT2D eigenvalue weighted by Gasteiger charge is -2.03. The van der Waals surface area contributed by atoms with Gasteiger partial charge in [0.2, 0.25) is 0 Å². The lowest BCUT2D eigenvalue weighted by Crippen LogP contribution is -1.98. The third-order valence-electron chi connectivity index (χ3n) is 2.00. The van der Waals surface area contributed by atoms with E-state index in [4.69, 9.17) is 10.5 Å². The molecule has 2 aromatic rings. The molecule has 0 aliphatic rings. The van der Waals surface area contributed by atoms with Gasteiger partial charge in [-0.15, -0.1) is 0 Å². The van der Waals surface area contributed by atoms with E-state index in [2.05, 4.69) is 5.10 Å². The molecule has 0 N–H and O–H groups in total. The predicted molar refractivity (Wildman–Crippen MR) is 53.0 cm³/mol. The Morgan fingerprint density at radius 2 is 2.07 bits per heavy atom. The summed E-state index contributed by atoms with van der Waals surface area (Å²) in [5, 5.41) is 21.7. The number of nitriles is 2. The number of rotatable bonds is 1. The van der Waals surface area contributed by atoms with Crippen LogP contribution in [0.3, 0.4) is 0 Å². The van der Waals surface area contributed by atoms with Crippen LogP contribution < -0.4 is 0 Å². The summed E-state index contributed by atoms with van der Waals surface area (Å²) in [4.78, 5) is 0. The summed E-state index contributed by atoms with van der Waals surface area (Å²) in [5.41, 5.74) is 1.60. The third-order valence-corrected chi connectivity index (χ3v) is 2.00. The van der Waals surface area contributed by atoms with Gasteiger partial charge in [0.15, 0.2) is 0 Å². The Kier molecular flexibility index (Phi) is 2.19. The molecule has 0 atom stereocenters. The first kappa shape index (κ1) is 8.98. The zero-order chi connectivity index (χ0) is 10.7. The maximum atomic E-state index is 8.94. The number of hydrogen-bond acceptors (Lipinski definition) is 3. The quantitative estimate of drug-likeness (QED) is 0.692. The zero-order valence-corrected chi connectivity index (χ0v) is 7.75. The standard InChI is InChI=1S/C11H6N4/c12-7-9-2-3-11(10(6-9)8-13)15-5-1-4-14-15/h1-6H. The Labute approximate surface area is 86.6 Å². The van der Waals surface area contributed by atoms with Crippen LogP contribution in [0.2, 0.25) is 0 Å². The summed E-state index contributed by atoms with van der Waals surface area (Å²) < 4.78 is 1.60. The van der Waals surface area contributed by atoms with Gasteiger partial charge in [0, 0.05) is 12.4 Å². The second-order valence-electron chi connectivity index (χ2n) is 2.91. The van der Waals surface area contributed by atoms with Crippen LogP contribution in [0.1, 0.15) is 11.1 Å². The molecule has 1 aromatic carbocycles. The van der Waals surface area contributed by atoms with E-state index in [0.717, 1.165) is 0 Å². The van der Waals surface area contributed by atoms with E-state index in [-0.39, 0.29) is 0 Å². The van der Waals surface area contributed by atoms with Crippen molar-refractivity contribution in [3.05, 3.63) is 47.8 Å². The van der Waals surface area contributed by atoms with Crippen molar-refractivity contribution in [1.29, 1.82) is 10.5 Å². The fraction of sp³-hybridized carbons (Fsp3) is 0. The molecule has 0 saturated carbocycles. The van der Waals surface area contributed by atoms with Crippen LogP contribution in [0.5, 0.6) is 0 Å². The summed E-state index contributed by atoms with van der Waals surface area (Å²) in [7, 11) is 0. The summed E-state index contributed by atoms with van der Waals surface area (Å²) in [6.07, 6.45) is 3.39. The molecule has 70 valence electrons. The smallest absolute Gasteiger partial charge is 0.101 e. The Morgan fingerprint density at radius 3 is 2.67 bits per heavy atom. The topological polar surface area (TPSA) is 65.4 Å². The van der Waals surface area contributed by atoms with E-state index in [1.807, 2.05) is 12.1 Å². The largest absolute Gasteiger partial charge is 0.240 e. The second kappa shape index (κ2) is 3.65. The van der Waals surface area contributed by atoms with Gasteiger partial charge < -0.3 is 0 Å². The molecule has 0 unspecified atom stereocenters. The Morgan fingerprint density at radius 1 is 1.20 bits per heavy atom. The number of hydrogen-bond donors (Lipinski definition) is 0. The number of aromatic nitrogens is 2. The molecule has 4 heteroatoms. The van der Waals surface area contributed by atoms with Gasteiger partial charge in [-0.1, -0.05) is 0 Å². The summed E-state index contributed by atoms with van der Waals surface area (Å²) in [5.74, 6) is 0. The van der Waals surface area contributed by atoms with Crippen molar-refractivity contribution in [1.82, 2.24) is 9.78 Å². The highest BCUT2D eigenvalue weighted by Crippen LogP contribution is 2.14. The molecule has 0 bridgehead atoms. The molecular weight excluding hydrogens is 188 g/mol. The van der Waals surface area contributed by atoms with E-state index in [1.165, 1.54) is 0 Å². The highest BCUT2D eigenvalue weighted by atomic mass is 15.3. The zero-order valence-electron chi connectivity index (χ0n) is 7.75. The SMILES string of the molecule is N#Cc1ccc(-n2cccn2)c(C#N)c1. The monoisotopic (exact) mass is 194 g/mol. The van der Waals surface area contributed by atoms with Crippen LogP contribution in [-0.4, -0.2) is 9.78 Å². The number of nitrogens with zero attached hydrogens (tertiary/aromatic N) is 4. The van der Waals surface area contributed by atoms with Crippen molar-refractivity contribution in [2.24, 2.45) is 0 Å². The van der Waals surface area contributed by atoms with Crippen molar-refractivity contribution in [3.8, 4) is 17.8 Å². The van der Waals surface area contributed by atoms with Crippen molar-refractivity contribution >= 4 is 0 Å². The molecule has 2 rings (SSSR count). The van der Waals surface area contributed by atoms with Crippen LogP contribution in [-0.2, 0) is 0 Å². The van der Waals surface area contributed by atoms with E-state index >= 15 is 0 Å². The van der Waals surface area contributed by atoms with Crippen LogP contribution >= 0.6 is 0 Å². The minimum atomic E-state index is 0.442. The molecular formula is C11H6N4. The molecule has 0 spiro atoms. The predicted octanol–water partition coefficient (Wildman–Crippen LogP) is 1.62.